The van der Waals surface area contributed by atoms with Gasteiger partial charge in [-0.05, 0) is 35.9 Å². The van der Waals surface area contributed by atoms with E-state index in [0.29, 0.717) is 24.5 Å². The molecule has 0 aliphatic carbocycles. The Labute approximate surface area is 160 Å². The summed E-state index contributed by atoms with van der Waals surface area (Å²) < 4.78 is 14.2. The number of fused-ring (bicyclic) bond motifs is 1. The van der Waals surface area contributed by atoms with Crippen molar-refractivity contribution in [2.24, 2.45) is 0 Å². The van der Waals surface area contributed by atoms with E-state index in [1.54, 1.807) is 18.2 Å². The summed E-state index contributed by atoms with van der Waals surface area (Å²) in [7, 11) is 0. The fraction of sp³-hybridized carbons (Fsp3) is 0.158. The van der Waals surface area contributed by atoms with Gasteiger partial charge in [-0.15, -0.1) is 0 Å². The molecule has 8 nitrogen and oxygen atoms in total. The average Bonchev–Trinajstić information content (AvgIpc) is 3.07. The maximum atomic E-state index is 14.2. The highest BCUT2D eigenvalue weighted by molar-refractivity contribution is 5.67. The number of aromatic hydroxyl groups is 1. The normalized spacial score (nSPS) is 12.7. The van der Waals surface area contributed by atoms with E-state index in [1.165, 1.54) is 6.07 Å². The van der Waals surface area contributed by atoms with Gasteiger partial charge in [-0.25, -0.2) is 14.8 Å². The zero-order chi connectivity index (χ0) is 19.5. The zero-order valence-electron chi connectivity index (χ0n) is 14.9. The lowest BCUT2D eigenvalue weighted by molar-refractivity contribution is 0.298. The molecule has 1 aromatic heterocycles. The number of nitrogens with zero attached hydrogens (tertiary/aromatic N) is 3. The van der Waals surface area contributed by atoms with E-state index in [2.05, 4.69) is 26.0 Å². The lowest BCUT2D eigenvalue weighted by Gasteiger charge is -2.17. The summed E-state index contributed by atoms with van der Waals surface area (Å²) in [5.74, 6) is -0.239. The topological polar surface area (TPSA) is 106 Å². The number of hydrogen-bond donors (Lipinski definition) is 5. The van der Waals surface area contributed by atoms with Gasteiger partial charge in [0.25, 0.3) is 0 Å². The van der Waals surface area contributed by atoms with Crippen LogP contribution in [0.4, 0.5) is 33.2 Å². The molecule has 9 heteroatoms. The van der Waals surface area contributed by atoms with Gasteiger partial charge in [0.05, 0.1) is 25.0 Å². The summed E-state index contributed by atoms with van der Waals surface area (Å²) in [6.45, 7) is 1.17. The van der Waals surface area contributed by atoms with Crippen LogP contribution in [0.25, 0.3) is 0 Å². The number of phenolic OH excluding ortho intramolecular Hbond substituents is 1. The molecular formula is C19H19FN6O2. The van der Waals surface area contributed by atoms with Crippen LogP contribution in [-0.4, -0.2) is 33.3 Å². The summed E-state index contributed by atoms with van der Waals surface area (Å²) in [5.41, 5.74) is 6.47. The number of aliphatic hydroxyl groups excluding tert-OH is 1. The number of nitrogens with one attached hydrogen (secondary N) is 3. The molecule has 0 saturated heterocycles. The Hall–Kier alpha value is -3.43. The van der Waals surface area contributed by atoms with Gasteiger partial charge in [0.15, 0.2) is 11.6 Å². The number of aromatic nitrogens is 2. The molecule has 0 bridgehead atoms. The van der Waals surface area contributed by atoms with Gasteiger partial charge in [0, 0.05) is 24.0 Å². The summed E-state index contributed by atoms with van der Waals surface area (Å²) in [5, 5.41) is 26.4. The second-order valence-corrected chi connectivity index (χ2v) is 6.24. The van der Waals surface area contributed by atoms with Crippen molar-refractivity contribution in [1.82, 2.24) is 15.4 Å². The highest BCUT2D eigenvalue weighted by Gasteiger charge is 2.18. The van der Waals surface area contributed by atoms with E-state index in [1.807, 2.05) is 23.2 Å². The lowest BCUT2D eigenvalue weighted by atomic mass is 10.1. The number of β-amino-alcohol motifs (C(OH)–C–C–N with tert-alkyl or cyclic N) is 1. The number of aliphatic hydroxyl groups is 1. The molecule has 144 valence electrons. The van der Waals surface area contributed by atoms with Crippen molar-refractivity contribution in [3.63, 3.8) is 0 Å². The fourth-order valence-corrected chi connectivity index (χ4v) is 3.00. The van der Waals surface area contributed by atoms with Crippen LogP contribution in [0.5, 0.6) is 5.75 Å². The standard InChI is InChI=1S/C19H19FN6O2/c20-16-11-21-19(24-13-2-1-3-15(28)9-13)25-18(16)23-14-4-5-17-12(8-14)10-22-26(17)6-7-27/h1-5,8-9,11,22,27-28H,6-7,10H2,(H2,21,23,24,25). The summed E-state index contributed by atoms with van der Waals surface area (Å²) in [6.07, 6.45) is 1.08. The van der Waals surface area contributed by atoms with Gasteiger partial charge in [0.1, 0.15) is 5.75 Å². The number of rotatable bonds is 6. The van der Waals surface area contributed by atoms with Crippen molar-refractivity contribution in [1.29, 1.82) is 0 Å². The minimum absolute atomic E-state index is 0.0378. The summed E-state index contributed by atoms with van der Waals surface area (Å²) >= 11 is 0. The zero-order valence-corrected chi connectivity index (χ0v) is 14.9. The van der Waals surface area contributed by atoms with Crippen molar-refractivity contribution < 1.29 is 14.6 Å². The van der Waals surface area contributed by atoms with Crippen LogP contribution in [0.1, 0.15) is 5.56 Å². The number of hydrogen-bond acceptors (Lipinski definition) is 8. The highest BCUT2D eigenvalue weighted by Crippen LogP contribution is 2.29. The second-order valence-electron chi connectivity index (χ2n) is 6.24. The quantitative estimate of drug-likeness (QED) is 0.443. The Morgan fingerprint density at radius 3 is 2.82 bits per heavy atom. The SMILES string of the molecule is OCCN1NCc2cc(Nc3nc(Nc4cccc(O)c4)ncc3F)ccc21. The Bertz CT molecular complexity index is 1000. The number of halogens is 1. The third kappa shape index (κ3) is 3.80. The molecule has 2 heterocycles. The average molecular weight is 382 g/mol. The first-order valence-electron chi connectivity index (χ1n) is 8.73. The molecule has 0 amide bonds. The largest absolute Gasteiger partial charge is 0.508 e. The van der Waals surface area contributed by atoms with Crippen molar-refractivity contribution in [3.05, 3.63) is 60.0 Å². The fourth-order valence-electron chi connectivity index (χ4n) is 3.00. The molecule has 28 heavy (non-hydrogen) atoms. The van der Waals surface area contributed by atoms with Crippen LogP contribution in [0.3, 0.4) is 0 Å². The molecule has 0 unspecified atom stereocenters. The van der Waals surface area contributed by atoms with E-state index in [9.17, 15) is 9.50 Å². The number of hydrazine groups is 1. The minimum Gasteiger partial charge on any atom is -0.508 e. The number of phenols is 1. The van der Waals surface area contributed by atoms with Gasteiger partial charge in [-0.3, -0.25) is 0 Å². The third-order valence-electron chi connectivity index (χ3n) is 4.26. The van der Waals surface area contributed by atoms with Crippen LogP contribution in [0, 0.1) is 5.82 Å². The van der Waals surface area contributed by atoms with Crippen LogP contribution in [-0.2, 0) is 6.54 Å². The number of anilines is 5. The van der Waals surface area contributed by atoms with Crippen molar-refractivity contribution in [2.45, 2.75) is 6.54 Å². The molecule has 0 saturated carbocycles. The molecule has 4 rings (SSSR count). The van der Waals surface area contributed by atoms with Crippen molar-refractivity contribution in [3.8, 4) is 5.75 Å². The Balaban J connectivity index is 1.53. The number of benzene rings is 2. The monoisotopic (exact) mass is 382 g/mol. The minimum atomic E-state index is -0.581. The molecule has 0 spiro atoms. The first kappa shape index (κ1) is 18.0. The molecular weight excluding hydrogens is 363 g/mol. The predicted octanol–water partition coefficient (Wildman–Crippen LogP) is 2.63. The smallest absolute Gasteiger partial charge is 0.229 e. The molecule has 5 N–H and O–H groups in total. The maximum absolute atomic E-state index is 14.2. The first-order chi connectivity index (χ1) is 13.6. The Morgan fingerprint density at radius 2 is 2.00 bits per heavy atom. The van der Waals surface area contributed by atoms with Crippen LogP contribution >= 0.6 is 0 Å². The van der Waals surface area contributed by atoms with E-state index < -0.39 is 5.82 Å². The molecule has 3 aromatic rings. The predicted molar refractivity (Wildman–Crippen MR) is 104 cm³/mol. The van der Waals surface area contributed by atoms with E-state index >= 15 is 0 Å². The van der Waals surface area contributed by atoms with Gasteiger partial charge in [-0.2, -0.15) is 4.98 Å². The molecule has 2 aromatic carbocycles. The lowest BCUT2D eigenvalue weighted by Crippen LogP contribution is -2.34. The summed E-state index contributed by atoms with van der Waals surface area (Å²) in [4.78, 5) is 8.12. The summed E-state index contributed by atoms with van der Waals surface area (Å²) in [6, 6.07) is 12.1. The Morgan fingerprint density at radius 1 is 1.14 bits per heavy atom. The maximum Gasteiger partial charge on any atom is 0.229 e. The third-order valence-corrected chi connectivity index (χ3v) is 4.26. The highest BCUT2D eigenvalue weighted by atomic mass is 19.1. The van der Waals surface area contributed by atoms with Crippen molar-refractivity contribution >= 4 is 28.8 Å². The van der Waals surface area contributed by atoms with Crippen molar-refractivity contribution in [2.75, 3.05) is 28.8 Å². The molecule has 0 atom stereocenters. The molecule has 0 radical (unpaired) electrons. The molecule has 1 aliphatic heterocycles. The second kappa shape index (κ2) is 7.67. The van der Waals surface area contributed by atoms with Crippen LogP contribution < -0.4 is 21.1 Å². The van der Waals surface area contributed by atoms with Gasteiger partial charge in [0.2, 0.25) is 5.95 Å². The van der Waals surface area contributed by atoms with E-state index in [0.717, 1.165) is 17.4 Å². The van der Waals surface area contributed by atoms with Crippen LogP contribution in [0.2, 0.25) is 0 Å². The first-order valence-corrected chi connectivity index (χ1v) is 8.73. The Kier molecular flexibility index (Phi) is 4.92. The molecule has 0 fully saturated rings. The van der Waals surface area contributed by atoms with E-state index in [-0.39, 0.29) is 24.1 Å². The molecule has 1 aliphatic rings. The van der Waals surface area contributed by atoms with E-state index in [4.69, 9.17) is 5.11 Å². The van der Waals surface area contributed by atoms with Gasteiger partial charge < -0.3 is 25.9 Å². The van der Waals surface area contributed by atoms with Crippen LogP contribution in [0.15, 0.2) is 48.7 Å². The van der Waals surface area contributed by atoms with Gasteiger partial charge in [-0.1, -0.05) is 6.07 Å². The van der Waals surface area contributed by atoms with Gasteiger partial charge >= 0.3 is 0 Å².